The summed E-state index contributed by atoms with van der Waals surface area (Å²) in [5, 5.41) is 12.0. The number of aliphatic imine (C=N–C) groups is 1. The number of nitrogens with zero attached hydrogens (tertiary/aromatic N) is 3. The smallest absolute Gasteiger partial charge is 0.158 e. The van der Waals surface area contributed by atoms with Crippen LogP contribution in [0.25, 0.3) is 22.4 Å². The van der Waals surface area contributed by atoms with E-state index in [-0.39, 0.29) is 0 Å². The van der Waals surface area contributed by atoms with Gasteiger partial charge in [-0.1, -0.05) is 68.4 Å². The standard InChI is InChI=1S/C28H31N5O/c1-3-8-24-31-16-21-15-23(19-9-6-5-7-10-19)25(32-26(21)33(24)30)20-11-13-22(14-12-20)28(29)17-27(34,4-2)18-28/h5-16,34H,3-4,17-18,29-30H2,1-2H3/b24-8-/t27-,28-. The van der Waals surface area contributed by atoms with Crippen molar-refractivity contribution >= 4 is 12.0 Å². The zero-order valence-electron chi connectivity index (χ0n) is 19.7. The molecule has 2 aromatic carbocycles. The number of aliphatic hydroxyl groups is 1. The molecule has 0 bridgehead atoms. The number of allylic oxidation sites excluding steroid dienone is 1. The van der Waals surface area contributed by atoms with Crippen molar-refractivity contribution in [2.45, 2.75) is 50.7 Å². The van der Waals surface area contributed by atoms with E-state index in [4.69, 9.17) is 16.6 Å². The van der Waals surface area contributed by atoms with Crippen LogP contribution in [0.2, 0.25) is 0 Å². The van der Waals surface area contributed by atoms with Crippen molar-refractivity contribution in [1.82, 2.24) is 4.98 Å². The molecule has 0 amide bonds. The van der Waals surface area contributed by atoms with Gasteiger partial charge in [0, 0.05) is 28.4 Å². The van der Waals surface area contributed by atoms with Gasteiger partial charge in [-0.3, -0.25) is 0 Å². The van der Waals surface area contributed by atoms with Crippen LogP contribution in [0.4, 0.5) is 5.82 Å². The van der Waals surface area contributed by atoms with E-state index in [2.05, 4.69) is 54.4 Å². The topological polar surface area (TPSA) is 101 Å². The SMILES string of the molecule is CC/C=C1/N=Cc2cc(-c3ccccc3)c(-c3ccc([C@]4(N)C[C@@](O)(CC)C4)cc3)nc2N1N. The van der Waals surface area contributed by atoms with E-state index in [0.29, 0.717) is 24.5 Å². The zero-order valence-corrected chi connectivity index (χ0v) is 19.7. The number of fused-ring (bicyclic) bond motifs is 1. The first-order valence-electron chi connectivity index (χ1n) is 11.9. The summed E-state index contributed by atoms with van der Waals surface area (Å²) in [5.74, 6) is 7.77. The third kappa shape index (κ3) is 3.84. The summed E-state index contributed by atoms with van der Waals surface area (Å²) in [6.07, 6.45) is 6.52. The Morgan fingerprint density at radius 2 is 1.74 bits per heavy atom. The van der Waals surface area contributed by atoms with Crippen LogP contribution in [0.1, 0.15) is 50.7 Å². The van der Waals surface area contributed by atoms with Crippen LogP contribution in [-0.2, 0) is 5.54 Å². The third-order valence-corrected chi connectivity index (χ3v) is 6.99. The van der Waals surface area contributed by atoms with E-state index in [1.54, 1.807) is 5.01 Å². The first-order valence-corrected chi connectivity index (χ1v) is 11.9. The average molecular weight is 454 g/mol. The molecule has 0 radical (unpaired) electrons. The maximum Gasteiger partial charge on any atom is 0.158 e. The molecule has 6 heteroatoms. The van der Waals surface area contributed by atoms with Crippen molar-refractivity contribution < 1.29 is 5.11 Å². The van der Waals surface area contributed by atoms with Gasteiger partial charge >= 0.3 is 0 Å². The van der Waals surface area contributed by atoms with E-state index in [1.807, 2.05) is 37.4 Å². The Balaban J connectivity index is 1.58. The van der Waals surface area contributed by atoms with E-state index in [9.17, 15) is 5.11 Å². The summed E-state index contributed by atoms with van der Waals surface area (Å²) in [6, 6.07) is 20.6. The molecular weight excluding hydrogens is 422 g/mol. The molecule has 5 N–H and O–H groups in total. The Morgan fingerprint density at radius 3 is 2.38 bits per heavy atom. The lowest BCUT2D eigenvalue weighted by molar-refractivity contribution is -0.0916. The minimum Gasteiger partial charge on any atom is -0.390 e. The van der Waals surface area contributed by atoms with Crippen LogP contribution in [0, 0.1) is 0 Å². The number of aromatic nitrogens is 1. The predicted octanol–water partition coefficient (Wildman–Crippen LogP) is 4.87. The largest absolute Gasteiger partial charge is 0.390 e. The van der Waals surface area contributed by atoms with Crippen LogP contribution in [0.5, 0.6) is 0 Å². The fourth-order valence-electron chi connectivity index (χ4n) is 5.04. The van der Waals surface area contributed by atoms with Gasteiger partial charge in [0.25, 0.3) is 0 Å². The van der Waals surface area contributed by atoms with Crippen molar-refractivity contribution in [1.29, 1.82) is 0 Å². The van der Waals surface area contributed by atoms with E-state index >= 15 is 0 Å². The molecule has 0 atom stereocenters. The molecule has 3 aromatic rings. The van der Waals surface area contributed by atoms with E-state index in [1.165, 1.54) is 0 Å². The number of hydrogen-bond donors (Lipinski definition) is 3. The summed E-state index contributed by atoms with van der Waals surface area (Å²) in [7, 11) is 0. The predicted molar refractivity (Wildman–Crippen MR) is 138 cm³/mol. The summed E-state index contributed by atoms with van der Waals surface area (Å²) in [5.41, 5.74) is 11.3. The normalized spacial score (nSPS) is 24.7. The molecule has 2 aliphatic rings. The molecule has 174 valence electrons. The Kier molecular flexibility index (Phi) is 5.60. The summed E-state index contributed by atoms with van der Waals surface area (Å²) in [6.45, 7) is 4.06. The van der Waals surface area contributed by atoms with Crippen LogP contribution < -0.4 is 16.6 Å². The lowest BCUT2D eigenvalue weighted by Crippen LogP contribution is -2.59. The van der Waals surface area contributed by atoms with Crippen molar-refractivity contribution in [3.63, 3.8) is 0 Å². The third-order valence-electron chi connectivity index (χ3n) is 6.99. The quantitative estimate of drug-likeness (QED) is 0.479. The van der Waals surface area contributed by atoms with Crippen molar-refractivity contribution in [2.24, 2.45) is 16.6 Å². The highest BCUT2D eigenvalue weighted by Gasteiger charge is 2.51. The molecule has 2 heterocycles. The Labute approximate surface area is 200 Å². The average Bonchev–Trinajstić information content (AvgIpc) is 2.85. The second-order valence-electron chi connectivity index (χ2n) is 9.43. The van der Waals surface area contributed by atoms with Gasteiger partial charge in [0.05, 0.1) is 11.3 Å². The second kappa shape index (κ2) is 8.47. The van der Waals surface area contributed by atoms with Crippen molar-refractivity contribution in [2.75, 3.05) is 5.01 Å². The van der Waals surface area contributed by atoms with Gasteiger partial charge in [0.2, 0.25) is 0 Å². The van der Waals surface area contributed by atoms with Gasteiger partial charge in [-0.15, -0.1) is 0 Å². The van der Waals surface area contributed by atoms with E-state index < -0.39 is 11.1 Å². The van der Waals surface area contributed by atoms with Crippen LogP contribution in [0.3, 0.4) is 0 Å². The fourth-order valence-corrected chi connectivity index (χ4v) is 5.04. The fraction of sp³-hybridized carbons (Fsp3) is 0.286. The van der Waals surface area contributed by atoms with E-state index in [0.717, 1.165) is 46.4 Å². The highest BCUT2D eigenvalue weighted by Crippen LogP contribution is 2.48. The molecule has 6 nitrogen and oxygen atoms in total. The number of nitrogens with two attached hydrogens (primary N) is 2. The molecule has 1 aliphatic carbocycles. The second-order valence-corrected chi connectivity index (χ2v) is 9.43. The molecule has 1 saturated carbocycles. The van der Waals surface area contributed by atoms with Crippen molar-refractivity contribution in [3.8, 4) is 22.4 Å². The molecular formula is C28H31N5O. The molecule has 1 aromatic heterocycles. The zero-order chi connectivity index (χ0) is 23.9. The molecule has 1 fully saturated rings. The maximum absolute atomic E-state index is 10.5. The van der Waals surface area contributed by atoms with Gasteiger partial charge < -0.3 is 10.8 Å². The maximum atomic E-state index is 10.5. The van der Waals surface area contributed by atoms with Gasteiger partial charge in [-0.25, -0.2) is 20.8 Å². The molecule has 0 saturated heterocycles. The minimum absolute atomic E-state index is 0.487. The highest BCUT2D eigenvalue weighted by atomic mass is 16.3. The summed E-state index contributed by atoms with van der Waals surface area (Å²) in [4.78, 5) is 9.55. The van der Waals surface area contributed by atoms with Crippen LogP contribution in [0.15, 0.2) is 77.6 Å². The number of pyridine rings is 1. The summed E-state index contributed by atoms with van der Waals surface area (Å²) < 4.78 is 0. The van der Waals surface area contributed by atoms with Gasteiger partial charge in [0.1, 0.15) is 5.82 Å². The number of hydrogen-bond acceptors (Lipinski definition) is 6. The Bertz CT molecular complexity index is 1260. The monoisotopic (exact) mass is 453 g/mol. The van der Waals surface area contributed by atoms with Crippen LogP contribution >= 0.6 is 0 Å². The number of anilines is 1. The Hall–Kier alpha value is -3.32. The molecule has 0 unspecified atom stereocenters. The lowest BCUT2D eigenvalue weighted by atomic mass is 9.61. The first kappa shape index (κ1) is 22.5. The number of benzene rings is 2. The van der Waals surface area contributed by atoms with Gasteiger partial charge in [-0.05, 0) is 49.0 Å². The number of hydrazine groups is 1. The first-order chi connectivity index (χ1) is 16.4. The van der Waals surface area contributed by atoms with Gasteiger partial charge in [-0.2, -0.15) is 0 Å². The highest BCUT2D eigenvalue weighted by molar-refractivity contribution is 5.95. The molecule has 1 aliphatic heterocycles. The minimum atomic E-state index is -0.649. The number of rotatable bonds is 5. The molecule has 0 spiro atoms. The van der Waals surface area contributed by atoms with Crippen LogP contribution in [-0.4, -0.2) is 21.9 Å². The Morgan fingerprint density at radius 1 is 1.03 bits per heavy atom. The molecule has 34 heavy (non-hydrogen) atoms. The lowest BCUT2D eigenvalue weighted by Gasteiger charge is -2.51. The molecule has 5 rings (SSSR count). The van der Waals surface area contributed by atoms with Gasteiger partial charge in [0.15, 0.2) is 5.82 Å². The summed E-state index contributed by atoms with van der Waals surface area (Å²) >= 11 is 0. The van der Waals surface area contributed by atoms with Crippen molar-refractivity contribution in [3.05, 3.63) is 83.7 Å².